The first-order valence-corrected chi connectivity index (χ1v) is 11.8. The molecule has 0 spiro atoms. The lowest BCUT2D eigenvalue weighted by atomic mass is 10.2. The summed E-state index contributed by atoms with van der Waals surface area (Å²) >= 11 is 6.73. The minimum absolute atomic E-state index is 0.425. The van der Waals surface area contributed by atoms with Gasteiger partial charge in [0.1, 0.15) is 27.9 Å². The van der Waals surface area contributed by atoms with Gasteiger partial charge in [-0.25, -0.2) is 9.97 Å². The van der Waals surface area contributed by atoms with Crippen molar-refractivity contribution in [1.29, 1.82) is 0 Å². The van der Waals surface area contributed by atoms with Gasteiger partial charge in [-0.1, -0.05) is 11.6 Å². The molecule has 0 unspecified atom stereocenters. The van der Waals surface area contributed by atoms with Gasteiger partial charge in [0.2, 0.25) is 0 Å². The number of ether oxygens (including phenoxy) is 1. The van der Waals surface area contributed by atoms with Gasteiger partial charge in [0, 0.05) is 24.4 Å². The van der Waals surface area contributed by atoms with Crippen molar-refractivity contribution in [3.8, 4) is 22.8 Å². The molecular weight excluding hydrogens is 450 g/mol. The summed E-state index contributed by atoms with van der Waals surface area (Å²) in [5.74, 6) is 2.05. The van der Waals surface area contributed by atoms with Gasteiger partial charge in [-0.2, -0.15) is 5.10 Å². The molecule has 1 fully saturated rings. The summed E-state index contributed by atoms with van der Waals surface area (Å²) in [5.41, 5.74) is 4.76. The Hall–Kier alpha value is -3.49. The number of halogens is 1. The molecule has 1 aliphatic heterocycles. The fourth-order valence-electron chi connectivity index (χ4n) is 4.42. The zero-order chi connectivity index (χ0) is 23.1. The third kappa shape index (κ3) is 4.10. The van der Waals surface area contributed by atoms with E-state index in [1.165, 1.54) is 25.9 Å². The van der Waals surface area contributed by atoms with E-state index in [2.05, 4.69) is 25.0 Å². The number of aryl methyl sites for hydroxylation is 1. The second-order valence-corrected chi connectivity index (χ2v) is 9.02. The molecule has 4 heterocycles. The maximum atomic E-state index is 6.73. The first kappa shape index (κ1) is 21.1. The molecule has 0 atom stereocenters. The molecule has 0 aliphatic carbocycles. The topological polar surface area (TPSA) is 84.8 Å². The van der Waals surface area contributed by atoms with Crippen LogP contribution in [0.25, 0.3) is 33.3 Å². The predicted octanol–water partition coefficient (Wildman–Crippen LogP) is 5.22. The van der Waals surface area contributed by atoms with Gasteiger partial charge in [-0.15, -0.1) is 0 Å². The Morgan fingerprint density at radius 1 is 1.03 bits per heavy atom. The van der Waals surface area contributed by atoms with Crippen molar-refractivity contribution >= 4 is 33.7 Å². The van der Waals surface area contributed by atoms with E-state index >= 15 is 0 Å². The summed E-state index contributed by atoms with van der Waals surface area (Å²) in [6, 6.07) is 9.39. The Bertz CT molecular complexity index is 1490. The van der Waals surface area contributed by atoms with Gasteiger partial charge in [-0.3, -0.25) is 9.67 Å². The van der Waals surface area contributed by atoms with Crippen LogP contribution >= 0.6 is 11.6 Å². The Morgan fingerprint density at radius 3 is 2.76 bits per heavy atom. The van der Waals surface area contributed by atoms with E-state index in [1.807, 2.05) is 54.3 Å². The van der Waals surface area contributed by atoms with Gasteiger partial charge in [0.15, 0.2) is 0 Å². The first-order valence-electron chi connectivity index (χ1n) is 11.5. The molecule has 0 amide bonds. The van der Waals surface area contributed by atoms with Gasteiger partial charge in [0.25, 0.3) is 0 Å². The molecule has 1 aliphatic rings. The molecule has 34 heavy (non-hydrogen) atoms. The number of H-pyrrole nitrogens is 1. The van der Waals surface area contributed by atoms with Crippen molar-refractivity contribution in [1.82, 2.24) is 34.6 Å². The van der Waals surface area contributed by atoms with Crippen LogP contribution in [0.1, 0.15) is 18.7 Å². The van der Waals surface area contributed by atoms with Crippen LogP contribution in [-0.2, 0) is 6.54 Å². The van der Waals surface area contributed by atoms with Crippen molar-refractivity contribution in [2.75, 3.05) is 19.6 Å². The summed E-state index contributed by atoms with van der Waals surface area (Å²) in [6.45, 7) is 6.17. The lowest BCUT2D eigenvalue weighted by Gasteiger charge is -2.13. The SMILES string of the molecule is Cc1nc2ccc(Oc3ccc4ncc(-c5cnn(CCN6CCCC6)c5)nc4c3Cl)cc2[nH]1. The largest absolute Gasteiger partial charge is 0.456 e. The number of imidazole rings is 1. The molecule has 1 saturated heterocycles. The molecule has 0 bridgehead atoms. The van der Waals surface area contributed by atoms with Crippen LogP contribution in [0.2, 0.25) is 5.02 Å². The molecule has 5 aromatic rings. The van der Waals surface area contributed by atoms with E-state index in [1.54, 1.807) is 6.20 Å². The molecule has 9 heteroatoms. The smallest absolute Gasteiger partial charge is 0.148 e. The molecule has 172 valence electrons. The highest BCUT2D eigenvalue weighted by Crippen LogP contribution is 2.35. The van der Waals surface area contributed by atoms with Gasteiger partial charge in [0.05, 0.1) is 41.2 Å². The molecule has 2 aromatic carbocycles. The summed E-state index contributed by atoms with van der Waals surface area (Å²) in [6.07, 6.45) is 8.19. The lowest BCUT2D eigenvalue weighted by Crippen LogP contribution is -2.24. The Kier molecular flexibility index (Phi) is 5.39. The third-order valence-electron chi connectivity index (χ3n) is 6.19. The zero-order valence-electron chi connectivity index (χ0n) is 18.8. The van der Waals surface area contributed by atoms with Crippen LogP contribution in [0, 0.1) is 6.92 Å². The summed E-state index contributed by atoms with van der Waals surface area (Å²) < 4.78 is 8.06. The van der Waals surface area contributed by atoms with Crippen LogP contribution in [0.4, 0.5) is 0 Å². The summed E-state index contributed by atoms with van der Waals surface area (Å²) in [4.78, 5) is 19.5. The summed E-state index contributed by atoms with van der Waals surface area (Å²) in [5, 5.41) is 4.94. The molecule has 0 radical (unpaired) electrons. The minimum Gasteiger partial charge on any atom is -0.456 e. The van der Waals surface area contributed by atoms with Crippen LogP contribution in [0.3, 0.4) is 0 Å². The molecule has 3 aromatic heterocycles. The van der Waals surface area contributed by atoms with Crippen LogP contribution in [-0.4, -0.2) is 54.3 Å². The van der Waals surface area contributed by atoms with Gasteiger partial charge in [-0.05, 0) is 57.1 Å². The van der Waals surface area contributed by atoms with Crippen LogP contribution in [0.5, 0.6) is 11.5 Å². The van der Waals surface area contributed by atoms with Crippen LogP contribution < -0.4 is 4.74 Å². The maximum Gasteiger partial charge on any atom is 0.148 e. The zero-order valence-corrected chi connectivity index (χ0v) is 19.6. The number of rotatable bonds is 6. The number of nitrogens with zero attached hydrogens (tertiary/aromatic N) is 6. The highest BCUT2D eigenvalue weighted by molar-refractivity contribution is 6.36. The molecule has 8 nitrogen and oxygen atoms in total. The van der Waals surface area contributed by atoms with E-state index in [9.17, 15) is 0 Å². The van der Waals surface area contributed by atoms with Gasteiger partial charge < -0.3 is 14.6 Å². The number of aromatic nitrogens is 6. The fourth-order valence-corrected chi connectivity index (χ4v) is 4.66. The van der Waals surface area contributed by atoms with E-state index in [0.717, 1.165) is 41.2 Å². The van der Waals surface area contributed by atoms with Crippen molar-refractivity contribution in [2.24, 2.45) is 0 Å². The monoisotopic (exact) mass is 473 g/mol. The lowest BCUT2D eigenvalue weighted by molar-refractivity contribution is 0.316. The second-order valence-electron chi connectivity index (χ2n) is 8.64. The average Bonchev–Trinajstić information content (AvgIpc) is 3.60. The van der Waals surface area contributed by atoms with Crippen molar-refractivity contribution in [3.05, 3.63) is 59.8 Å². The first-order chi connectivity index (χ1) is 16.6. The van der Waals surface area contributed by atoms with E-state index < -0.39 is 0 Å². The van der Waals surface area contributed by atoms with E-state index in [0.29, 0.717) is 27.6 Å². The minimum atomic E-state index is 0.425. The Balaban J connectivity index is 1.26. The highest BCUT2D eigenvalue weighted by Gasteiger charge is 2.14. The highest BCUT2D eigenvalue weighted by atomic mass is 35.5. The number of hydrogen-bond donors (Lipinski definition) is 1. The summed E-state index contributed by atoms with van der Waals surface area (Å²) in [7, 11) is 0. The van der Waals surface area contributed by atoms with Crippen LogP contribution in [0.15, 0.2) is 48.9 Å². The molecule has 6 rings (SSSR count). The number of benzene rings is 2. The van der Waals surface area contributed by atoms with E-state index in [4.69, 9.17) is 21.3 Å². The predicted molar refractivity (Wildman–Crippen MR) is 132 cm³/mol. The Labute approximate surface area is 201 Å². The van der Waals surface area contributed by atoms with Crippen molar-refractivity contribution in [2.45, 2.75) is 26.3 Å². The van der Waals surface area contributed by atoms with E-state index in [-0.39, 0.29) is 0 Å². The average molecular weight is 474 g/mol. The normalized spacial score (nSPS) is 14.4. The quantitative estimate of drug-likeness (QED) is 0.364. The maximum absolute atomic E-state index is 6.73. The Morgan fingerprint density at radius 2 is 1.88 bits per heavy atom. The molecular formula is C25H24ClN7O. The van der Waals surface area contributed by atoms with Gasteiger partial charge >= 0.3 is 0 Å². The number of nitrogens with one attached hydrogen (secondary N) is 1. The number of aromatic amines is 1. The standard InChI is InChI=1S/C25H24ClN7O/c1-16-29-19-5-4-18(12-21(19)30-16)34-23-7-6-20-25(24(23)26)31-22(14-27-20)17-13-28-33(15-17)11-10-32-8-2-3-9-32/h4-7,12-15H,2-3,8-11H2,1H3,(H,29,30). The fraction of sp³-hybridized carbons (Fsp3) is 0.280. The molecule has 1 N–H and O–H groups in total. The van der Waals surface area contributed by atoms with Crippen molar-refractivity contribution in [3.63, 3.8) is 0 Å². The number of fused-ring (bicyclic) bond motifs is 2. The van der Waals surface area contributed by atoms with Crippen molar-refractivity contribution < 1.29 is 4.74 Å². The number of likely N-dealkylation sites (tertiary alicyclic amines) is 1. The number of hydrogen-bond acceptors (Lipinski definition) is 6. The second kappa shape index (κ2) is 8.70. The third-order valence-corrected chi connectivity index (χ3v) is 6.56. The molecule has 0 saturated carbocycles.